The second-order valence-electron chi connectivity index (χ2n) is 6.12. The molecule has 2 N–H and O–H groups in total. The minimum absolute atomic E-state index is 0.0246. The third-order valence-corrected chi connectivity index (χ3v) is 5.06. The Morgan fingerprint density at radius 3 is 2.47 bits per heavy atom. The summed E-state index contributed by atoms with van der Waals surface area (Å²) in [5.74, 6) is 0. The van der Waals surface area contributed by atoms with Crippen LogP contribution in [-0.2, 0) is 9.47 Å². The second kappa shape index (κ2) is 6.53. The monoisotopic (exact) mass is 271 g/mol. The van der Waals surface area contributed by atoms with Crippen molar-refractivity contribution in [2.24, 2.45) is 0 Å². The van der Waals surface area contributed by atoms with Crippen LogP contribution < -0.4 is 5.32 Å². The van der Waals surface area contributed by atoms with Gasteiger partial charge in [-0.3, -0.25) is 0 Å². The van der Waals surface area contributed by atoms with Crippen LogP contribution in [0.4, 0.5) is 0 Å². The van der Waals surface area contributed by atoms with E-state index in [1.165, 1.54) is 0 Å². The summed E-state index contributed by atoms with van der Waals surface area (Å²) >= 11 is 0. The van der Waals surface area contributed by atoms with Crippen molar-refractivity contribution in [1.82, 2.24) is 5.32 Å². The molecule has 19 heavy (non-hydrogen) atoms. The zero-order valence-electron chi connectivity index (χ0n) is 12.4. The van der Waals surface area contributed by atoms with Crippen LogP contribution in [0.2, 0.25) is 0 Å². The first-order chi connectivity index (χ1) is 9.17. The fourth-order valence-corrected chi connectivity index (χ4v) is 3.40. The standard InChI is InChI=1S/C15H29NO3/c1-3-14(4-2,12-17)16-13-5-8-19-15(11-13)6-9-18-10-7-15/h13,16-17H,3-12H2,1-2H3. The van der Waals surface area contributed by atoms with Crippen molar-refractivity contribution in [3.8, 4) is 0 Å². The van der Waals surface area contributed by atoms with Crippen LogP contribution in [0.5, 0.6) is 0 Å². The van der Waals surface area contributed by atoms with Gasteiger partial charge in [-0.2, -0.15) is 0 Å². The van der Waals surface area contributed by atoms with Gasteiger partial charge in [-0.05, 0) is 38.5 Å². The highest BCUT2D eigenvalue weighted by Crippen LogP contribution is 2.35. The SMILES string of the molecule is CCC(CC)(CO)NC1CCOC2(CCOCC2)C1. The highest BCUT2D eigenvalue weighted by molar-refractivity contribution is 4.96. The van der Waals surface area contributed by atoms with Crippen LogP contribution in [0, 0.1) is 0 Å². The molecule has 0 saturated carbocycles. The van der Waals surface area contributed by atoms with E-state index >= 15 is 0 Å². The summed E-state index contributed by atoms with van der Waals surface area (Å²) in [6, 6.07) is 0.457. The molecule has 0 aromatic carbocycles. The molecule has 0 aromatic heterocycles. The molecule has 2 saturated heterocycles. The predicted molar refractivity (Wildman–Crippen MR) is 75.3 cm³/mol. The summed E-state index contributed by atoms with van der Waals surface area (Å²) in [6.07, 6.45) is 6.05. The molecule has 0 radical (unpaired) electrons. The van der Waals surface area contributed by atoms with Gasteiger partial charge in [0.05, 0.1) is 12.2 Å². The Morgan fingerprint density at radius 2 is 1.89 bits per heavy atom. The number of nitrogens with one attached hydrogen (secondary N) is 1. The highest BCUT2D eigenvalue weighted by Gasteiger charge is 2.40. The van der Waals surface area contributed by atoms with Gasteiger partial charge in [0.15, 0.2) is 0 Å². The molecule has 2 aliphatic rings. The topological polar surface area (TPSA) is 50.7 Å². The van der Waals surface area contributed by atoms with E-state index in [4.69, 9.17) is 9.47 Å². The first kappa shape index (κ1) is 15.2. The van der Waals surface area contributed by atoms with Gasteiger partial charge < -0.3 is 19.9 Å². The zero-order valence-corrected chi connectivity index (χ0v) is 12.4. The van der Waals surface area contributed by atoms with Crippen molar-refractivity contribution in [1.29, 1.82) is 0 Å². The second-order valence-corrected chi connectivity index (χ2v) is 6.12. The summed E-state index contributed by atoms with van der Waals surface area (Å²) < 4.78 is 11.5. The van der Waals surface area contributed by atoms with Crippen molar-refractivity contribution in [3.05, 3.63) is 0 Å². The van der Waals surface area contributed by atoms with Gasteiger partial charge in [-0.15, -0.1) is 0 Å². The first-order valence-corrected chi connectivity index (χ1v) is 7.78. The Hall–Kier alpha value is -0.160. The van der Waals surface area contributed by atoms with E-state index in [1.807, 2.05) is 0 Å². The number of ether oxygens (including phenoxy) is 2. The highest BCUT2D eigenvalue weighted by atomic mass is 16.5. The Balaban J connectivity index is 1.97. The van der Waals surface area contributed by atoms with Crippen molar-refractivity contribution in [2.45, 2.75) is 69.6 Å². The lowest BCUT2D eigenvalue weighted by Gasteiger charge is -2.46. The summed E-state index contributed by atoms with van der Waals surface area (Å²) in [7, 11) is 0. The third-order valence-electron chi connectivity index (χ3n) is 5.06. The van der Waals surface area contributed by atoms with E-state index in [2.05, 4.69) is 19.2 Å². The van der Waals surface area contributed by atoms with Gasteiger partial charge in [-0.25, -0.2) is 0 Å². The van der Waals surface area contributed by atoms with Crippen LogP contribution in [-0.4, -0.2) is 48.7 Å². The summed E-state index contributed by atoms with van der Waals surface area (Å²) in [6.45, 7) is 6.98. The molecule has 2 fully saturated rings. The van der Waals surface area contributed by atoms with E-state index in [0.717, 1.165) is 58.3 Å². The average molecular weight is 271 g/mol. The molecule has 1 atom stereocenters. The maximum absolute atomic E-state index is 9.70. The normalized spacial score (nSPS) is 27.6. The van der Waals surface area contributed by atoms with Crippen molar-refractivity contribution >= 4 is 0 Å². The lowest BCUT2D eigenvalue weighted by Crippen LogP contribution is -2.57. The first-order valence-electron chi connectivity index (χ1n) is 7.78. The number of hydrogen-bond donors (Lipinski definition) is 2. The van der Waals surface area contributed by atoms with E-state index in [0.29, 0.717) is 6.04 Å². The maximum Gasteiger partial charge on any atom is 0.0741 e. The largest absolute Gasteiger partial charge is 0.394 e. The van der Waals surface area contributed by atoms with Crippen LogP contribution in [0.25, 0.3) is 0 Å². The van der Waals surface area contributed by atoms with Crippen molar-refractivity contribution < 1.29 is 14.6 Å². The van der Waals surface area contributed by atoms with Gasteiger partial charge in [0.1, 0.15) is 0 Å². The fourth-order valence-electron chi connectivity index (χ4n) is 3.40. The van der Waals surface area contributed by atoms with Crippen LogP contribution in [0.15, 0.2) is 0 Å². The van der Waals surface area contributed by atoms with Gasteiger partial charge in [0.2, 0.25) is 0 Å². The van der Waals surface area contributed by atoms with E-state index in [9.17, 15) is 5.11 Å². The van der Waals surface area contributed by atoms with Gasteiger partial charge in [-0.1, -0.05) is 13.8 Å². The minimum Gasteiger partial charge on any atom is -0.394 e. The maximum atomic E-state index is 9.70. The lowest BCUT2D eigenvalue weighted by atomic mass is 9.82. The molecule has 0 aliphatic carbocycles. The minimum atomic E-state index is -0.117. The molecular weight excluding hydrogens is 242 g/mol. The van der Waals surface area contributed by atoms with E-state index in [1.54, 1.807) is 0 Å². The third kappa shape index (κ3) is 3.48. The average Bonchev–Trinajstić information content (AvgIpc) is 2.46. The molecule has 4 heteroatoms. The van der Waals surface area contributed by atoms with Gasteiger partial charge in [0, 0.05) is 31.4 Å². The molecule has 4 nitrogen and oxygen atoms in total. The molecule has 0 aromatic rings. The number of aliphatic hydroxyl groups is 1. The van der Waals surface area contributed by atoms with E-state index in [-0.39, 0.29) is 17.7 Å². The van der Waals surface area contributed by atoms with Crippen LogP contribution >= 0.6 is 0 Å². The van der Waals surface area contributed by atoms with Gasteiger partial charge in [0.25, 0.3) is 0 Å². The van der Waals surface area contributed by atoms with Crippen molar-refractivity contribution in [2.75, 3.05) is 26.4 Å². The molecule has 112 valence electrons. The molecule has 2 aliphatic heterocycles. The van der Waals surface area contributed by atoms with Crippen molar-refractivity contribution in [3.63, 3.8) is 0 Å². The van der Waals surface area contributed by atoms with Gasteiger partial charge >= 0.3 is 0 Å². The molecule has 0 bridgehead atoms. The Labute approximate surface area is 116 Å². The van der Waals surface area contributed by atoms with E-state index < -0.39 is 0 Å². The number of aliphatic hydroxyl groups excluding tert-OH is 1. The smallest absolute Gasteiger partial charge is 0.0741 e. The molecular formula is C15H29NO3. The molecule has 1 unspecified atom stereocenters. The summed E-state index contributed by atoms with van der Waals surface area (Å²) in [4.78, 5) is 0. The molecule has 2 rings (SSSR count). The zero-order chi connectivity index (χ0) is 13.8. The molecule has 1 spiro atoms. The molecule has 2 heterocycles. The quantitative estimate of drug-likeness (QED) is 0.801. The summed E-state index contributed by atoms with van der Waals surface area (Å²) in [5, 5.41) is 13.4. The predicted octanol–water partition coefficient (Wildman–Crippen LogP) is 1.86. The number of rotatable bonds is 5. The van der Waals surface area contributed by atoms with Crippen LogP contribution in [0.1, 0.15) is 52.4 Å². The van der Waals surface area contributed by atoms with Crippen LogP contribution in [0.3, 0.4) is 0 Å². The molecule has 0 amide bonds. The Kier molecular flexibility index (Phi) is 5.23. The Bertz CT molecular complexity index is 259. The lowest BCUT2D eigenvalue weighted by molar-refractivity contribution is -0.142. The number of hydrogen-bond acceptors (Lipinski definition) is 4. The summed E-state index contributed by atoms with van der Waals surface area (Å²) in [5.41, 5.74) is -0.0921. The fraction of sp³-hybridized carbons (Fsp3) is 1.00. The Morgan fingerprint density at radius 1 is 1.21 bits per heavy atom.